The lowest BCUT2D eigenvalue weighted by molar-refractivity contribution is -0.123. The third kappa shape index (κ3) is 4.14. The smallest absolute Gasteiger partial charge is 0.338 e. The highest BCUT2D eigenvalue weighted by Crippen LogP contribution is 2.60. The molecule has 3 aromatic carbocycles. The lowest BCUT2D eigenvalue weighted by Crippen LogP contribution is -2.37. The number of ether oxygens (including phenoxy) is 1. The van der Waals surface area contributed by atoms with E-state index in [0.717, 1.165) is 17.5 Å². The molecule has 3 aliphatic rings. The number of Topliss-reactive ketones (excluding diaryl/α,β-unsaturated/α-hetero) is 1. The lowest BCUT2D eigenvalue weighted by atomic mass is 9.81. The topological polar surface area (TPSA) is 80.8 Å². The van der Waals surface area contributed by atoms with Crippen molar-refractivity contribution >= 4 is 61.1 Å². The van der Waals surface area contributed by atoms with E-state index >= 15 is 0 Å². The van der Waals surface area contributed by atoms with Crippen LogP contribution in [0.1, 0.15) is 27.1 Å². The molecule has 8 heteroatoms. The Hall–Kier alpha value is -3.10. The minimum Gasteiger partial charge on any atom is -0.454 e. The molecule has 0 N–H and O–H groups in total. The number of carbonyl (C=O) groups excluding carboxylic acids is 4. The van der Waals surface area contributed by atoms with Gasteiger partial charge >= 0.3 is 5.97 Å². The third-order valence-electron chi connectivity index (χ3n) is 7.98. The first-order valence-electron chi connectivity index (χ1n) is 12.5. The fourth-order valence-electron chi connectivity index (χ4n) is 6.15. The van der Waals surface area contributed by atoms with Crippen LogP contribution in [-0.2, 0) is 14.3 Å². The number of nitrogens with zero attached hydrogens (tertiary/aromatic N) is 1. The van der Waals surface area contributed by atoms with Crippen LogP contribution in [0.25, 0.3) is 11.1 Å². The Bertz CT molecular complexity index is 1410. The van der Waals surface area contributed by atoms with Crippen molar-refractivity contribution in [3.63, 3.8) is 0 Å². The van der Waals surface area contributed by atoms with E-state index in [4.69, 9.17) is 4.74 Å². The highest BCUT2D eigenvalue weighted by Gasteiger charge is 2.66. The highest BCUT2D eigenvalue weighted by atomic mass is 79.9. The minimum atomic E-state index is -0.693. The second-order valence-electron chi connectivity index (χ2n) is 10.0. The van der Waals surface area contributed by atoms with Crippen molar-refractivity contribution in [3.8, 4) is 11.1 Å². The third-order valence-corrected chi connectivity index (χ3v) is 11.2. The Balaban J connectivity index is 1.13. The largest absolute Gasteiger partial charge is 0.454 e. The van der Waals surface area contributed by atoms with Gasteiger partial charge in [0.25, 0.3) is 0 Å². The first-order chi connectivity index (χ1) is 18.3. The molecule has 0 spiro atoms. The number of alkyl halides is 2. The van der Waals surface area contributed by atoms with Gasteiger partial charge in [0, 0.05) is 15.2 Å². The molecule has 192 valence electrons. The Morgan fingerprint density at radius 1 is 0.763 bits per heavy atom. The maximum atomic E-state index is 13.3. The van der Waals surface area contributed by atoms with Crippen molar-refractivity contribution < 1.29 is 23.9 Å². The summed E-state index contributed by atoms with van der Waals surface area (Å²) in [6.45, 7) is -0.415. The molecule has 38 heavy (non-hydrogen) atoms. The second-order valence-corrected chi connectivity index (χ2v) is 12.1. The van der Waals surface area contributed by atoms with E-state index in [2.05, 4.69) is 31.9 Å². The fraction of sp³-hybridized carbons (Fsp3) is 0.267. The monoisotopic (exact) mass is 635 g/mol. The number of hydrogen-bond acceptors (Lipinski definition) is 5. The van der Waals surface area contributed by atoms with Gasteiger partial charge in [-0.3, -0.25) is 19.3 Å². The predicted octanol–water partition coefficient (Wildman–Crippen LogP) is 5.68. The van der Waals surface area contributed by atoms with Gasteiger partial charge in [-0.05, 0) is 47.6 Å². The molecule has 1 aliphatic heterocycles. The number of halogens is 2. The van der Waals surface area contributed by atoms with E-state index in [-0.39, 0.29) is 56.5 Å². The molecule has 2 bridgehead atoms. The molecule has 3 aromatic rings. The van der Waals surface area contributed by atoms with Gasteiger partial charge in [0.15, 0.2) is 12.4 Å². The maximum Gasteiger partial charge on any atom is 0.338 e. The lowest BCUT2D eigenvalue weighted by Gasteiger charge is -2.28. The number of carbonyl (C=O) groups is 4. The van der Waals surface area contributed by atoms with Gasteiger partial charge in [-0.15, -0.1) is 0 Å². The molecule has 6 nitrogen and oxygen atoms in total. The van der Waals surface area contributed by atoms with Crippen LogP contribution in [-0.4, -0.2) is 39.8 Å². The Kier molecular flexibility index (Phi) is 6.56. The zero-order valence-corrected chi connectivity index (χ0v) is 23.3. The summed E-state index contributed by atoms with van der Waals surface area (Å²) in [5, 5.41) is 0. The van der Waals surface area contributed by atoms with Crippen molar-refractivity contribution in [2.75, 3.05) is 11.5 Å². The first kappa shape index (κ1) is 25.2. The molecule has 1 heterocycles. The summed E-state index contributed by atoms with van der Waals surface area (Å²) in [5.74, 6) is -1.91. The Labute approximate surface area is 236 Å². The van der Waals surface area contributed by atoms with Crippen LogP contribution in [0.5, 0.6) is 0 Å². The molecule has 6 atom stereocenters. The number of ketones is 1. The van der Waals surface area contributed by atoms with Gasteiger partial charge in [-0.25, -0.2) is 4.79 Å². The number of amides is 2. The SMILES string of the molecule is O=C(COC(=O)c1cccc(N2C(=O)[C@@H]3[C@H]4C[C@@H]([C@H](Br)[C@H]4Br)[C@@H]3C2=O)c1)c1ccc(-c2ccccc2)cc1. The number of imide groups is 1. The minimum absolute atomic E-state index is 0.108. The van der Waals surface area contributed by atoms with Gasteiger partial charge in [0.1, 0.15) is 0 Å². The molecule has 6 rings (SSSR count). The maximum absolute atomic E-state index is 13.3. The van der Waals surface area contributed by atoms with Crippen LogP contribution < -0.4 is 4.90 Å². The highest BCUT2D eigenvalue weighted by molar-refractivity contribution is 9.12. The fourth-order valence-corrected chi connectivity index (χ4v) is 8.03. The number of benzene rings is 3. The van der Waals surface area contributed by atoms with Crippen LogP contribution in [0.2, 0.25) is 0 Å². The van der Waals surface area contributed by atoms with E-state index in [1.165, 1.54) is 11.0 Å². The molecular formula is C30H23Br2NO5. The Morgan fingerprint density at radius 3 is 2.00 bits per heavy atom. The number of esters is 1. The van der Waals surface area contributed by atoms with E-state index < -0.39 is 12.6 Å². The van der Waals surface area contributed by atoms with Gasteiger partial charge in [0.05, 0.1) is 23.1 Å². The van der Waals surface area contributed by atoms with Crippen LogP contribution in [0.15, 0.2) is 78.9 Å². The van der Waals surface area contributed by atoms with Crippen molar-refractivity contribution in [1.29, 1.82) is 0 Å². The number of hydrogen-bond donors (Lipinski definition) is 0. The summed E-state index contributed by atoms with van der Waals surface area (Å²) in [6, 6.07) is 23.2. The molecule has 2 amide bonds. The standard InChI is InChI=1S/C30H23Br2NO5/c31-26-21-14-22(27(26)32)25-24(21)28(35)33(29(25)36)20-8-4-7-19(13-20)30(37)38-15-23(34)18-11-9-17(10-12-18)16-5-2-1-3-6-16/h1-13,21-22,24-27H,14-15H2/t21-,22-,24-,25+,26+,27+/m1/s1. The zero-order chi connectivity index (χ0) is 26.6. The molecule has 0 unspecified atom stereocenters. The van der Waals surface area contributed by atoms with Crippen molar-refractivity contribution in [2.45, 2.75) is 16.1 Å². The van der Waals surface area contributed by atoms with Crippen LogP contribution in [0.4, 0.5) is 5.69 Å². The summed E-state index contributed by atoms with van der Waals surface area (Å²) < 4.78 is 5.29. The molecule has 1 saturated heterocycles. The van der Waals surface area contributed by atoms with Crippen molar-refractivity contribution in [2.24, 2.45) is 23.7 Å². The summed E-state index contributed by atoms with van der Waals surface area (Å²) >= 11 is 7.39. The number of fused-ring (bicyclic) bond motifs is 5. The summed E-state index contributed by atoms with van der Waals surface area (Å²) in [6.07, 6.45) is 0.849. The van der Waals surface area contributed by atoms with Gasteiger partial charge < -0.3 is 4.74 Å². The summed E-state index contributed by atoms with van der Waals surface area (Å²) in [5.41, 5.74) is 2.99. The number of rotatable bonds is 6. The first-order valence-corrected chi connectivity index (χ1v) is 14.3. The number of anilines is 1. The van der Waals surface area contributed by atoms with Gasteiger partial charge in [-0.1, -0.05) is 92.5 Å². The van der Waals surface area contributed by atoms with E-state index in [1.54, 1.807) is 30.3 Å². The molecule has 0 radical (unpaired) electrons. The van der Waals surface area contributed by atoms with E-state index in [0.29, 0.717) is 11.3 Å². The quantitative estimate of drug-likeness (QED) is 0.151. The van der Waals surface area contributed by atoms with E-state index in [1.807, 2.05) is 42.5 Å². The average molecular weight is 637 g/mol. The zero-order valence-electron chi connectivity index (χ0n) is 20.1. The summed E-state index contributed by atoms with van der Waals surface area (Å²) in [7, 11) is 0. The average Bonchev–Trinajstić information content (AvgIpc) is 3.56. The van der Waals surface area contributed by atoms with Gasteiger partial charge in [0.2, 0.25) is 11.8 Å². The molecule has 2 aliphatic carbocycles. The van der Waals surface area contributed by atoms with Crippen LogP contribution in [0, 0.1) is 23.7 Å². The molecule has 2 saturated carbocycles. The van der Waals surface area contributed by atoms with Crippen molar-refractivity contribution in [1.82, 2.24) is 0 Å². The second kappa shape index (κ2) is 9.89. The van der Waals surface area contributed by atoms with Crippen molar-refractivity contribution in [3.05, 3.63) is 90.0 Å². The molecular weight excluding hydrogens is 614 g/mol. The van der Waals surface area contributed by atoms with Gasteiger partial charge in [-0.2, -0.15) is 0 Å². The normalized spacial score (nSPS) is 27.5. The summed E-state index contributed by atoms with van der Waals surface area (Å²) in [4.78, 5) is 53.6. The molecule has 3 fully saturated rings. The van der Waals surface area contributed by atoms with E-state index in [9.17, 15) is 19.2 Å². The van der Waals surface area contributed by atoms with Crippen LogP contribution >= 0.6 is 31.9 Å². The predicted molar refractivity (Wildman–Crippen MR) is 149 cm³/mol. The molecule has 0 aromatic heterocycles. The Morgan fingerprint density at radius 2 is 1.37 bits per heavy atom. The van der Waals surface area contributed by atoms with Crippen LogP contribution in [0.3, 0.4) is 0 Å².